The van der Waals surface area contributed by atoms with Crippen LogP contribution in [0.15, 0.2) is 12.3 Å². The van der Waals surface area contributed by atoms with Gasteiger partial charge in [0, 0.05) is 13.1 Å². The van der Waals surface area contributed by atoms with E-state index in [0.29, 0.717) is 0 Å². The first-order chi connectivity index (χ1) is 9.88. The summed E-state index contributed by atoms with van der Waals surface area (Å²) >= 11 is 0. The number of piperidine rings is 1. The molecule has 0 amide bonds. The zero-order chi connectivity index (χ0) is 14.0. The number of rotatable bonds is 7. The first-order valence-electron chi connectivity index (χ1n) is 9.31. The van der Waals surface area contributed by atoms with Gasteiger partial charge in [-0.15, -0.1) is 0 Å². The molecule has 0 atom stereocenters. The zero-order valence-corrected chi connectivity index (χ0v) is 13.7. The second-order valence-corrected chi connectivity index (χ2v) is 7.07. The smallest absolute Gasteiger partial charge is 0.0172 e. The molecule has 0 N–H and O–H groups in total. The summed E-state index contributed by atoms with van der Waals surface area (Å²) in [5, 5.41) is 0. The maximum absolute atomic E-state index is 2.54. The maximum atomic E-state index is 2.54. The molecule has 1 heteroatoms. The summed E-state index contributed by atoms with van der Waals surface area (Å²) in [5.74, 6) is 1.93. The van der Waals surface area contributed by atoms with Crippen molar-refractivity contribution >= 4 is 0 Å². The molecule has 0 aromatic rings. The summed E-state index contributed by atoms with van der Waals surface area (Å²) in [6.45, 7) is 4.90. The zero-order valence-electron chi connectivity index (χ0n) is 13.7. The first-order valence-corrected chi connectivity index (χ1v) is 9.31. The van der Waals surface area contributed by atoms with Crippen LogP contribution in [0.25, 0.3) is 0 Å². The number of hydrogen-bond donors (Lipinski definition) is 0. The molecule has 2 rings (SSSR count). The van der Waals surface area contributed by atoms with Crippen molar-refractivity contribution in [2.45, 2.75) is 84.0 Å². The number of unbranched alkanes of at least 4 members (excludes halogenated alkanes) is 3. The van der Waals surface area contributed by atoms with Gasteiger partial charge in [0.2, 0.25) is 0 Å². The average molecular weight is 277 g/mol. The Morgan fingerprint density at radius 1 is 0.900 bits per heavy atom. The van der Waals surface area contributed by atoms with Crippen LogP contribution in [0.4, 0.5) is 0 Å². The summed E-state index contributed by atoms with van der Waals surface area (Å²) in [7, 11) is 0. The van der Waals surface area contributed by atoms with Crippen LogP contribution in [-0.4, -0.2) is 18.0 Å². The topological polar surface area (TPSA) is 3.24 Å². The van der Waals surface area contributed by atoms with Crippen LogP contribution in [0.1, 0.15) is 84.0 Å². The lowest BCUT2D eigenvalue weighted by atomic mass is 9.80. The Labute approximate surface area is 126 Å². The molecule has 2 fully saturated rings. The molecule has 0 aromatic heterocycles. The molecule has 1 saturated heterocycles. The second kappa shape index (κ2) is 9.47. The highest BCUT2D eigenvalue weighted by Crippen LogP contribution is 2.32. The van der Waals surface area contributed by atoms with Crippen LogP contribution in [0.3, 0.4) is 0 Å². The molecular formula is C19H35N. The van der Waals surface area contributed by atoms with Crippen molar-refractivity contribution in [2.75, 3.05) is 13.1 Å². The summed E-state index contributed by atoms with van der Waals surface area (Å²) < 4.78 is 0. The van der Waals surface area contributed by atoms with Crippen molar-refractivity contribution in [3.8, 4) is 0 Å². The third kappa shape index (κ3) is 5.89. The van der Waals surface area contributed by atoms with Gasteiger partial charge in [0.05, 0.1) is 0 Å². The first kappa shape index (κ1) is 15.9. The minimum atomic E-state index is 0.879. The van der Waals surface area contributed by atoms with Crippen molar-refractivity contribution in [1.29, 1.82) is 0 Å². The van der Waals surface area contributed by atoms with Crippen LogP contribution in [0.2, 0.25) is 0 Å². The molecule has 1 aliphatic carbocycles. The highest BCUT2D eigenvalue weighted by Gasteiger charge is 2.19. The molecule has 1 saturated carbocycles. The Hall–Kier alpha value is -0.460. The molecular weight excluding hydrogens is 242 g/mol. The fourth-order valence-corrected chi connectivity index (χ4v) is 3.84. The quantitative estimate of drug-likeness (QED) is 0.534. The van der Waals surface area contributed by atoms with Gasteiger partial charge in [-0.1, -0.05) is 45.1 Å². The van der Waals surface area contributed by atoms with E-state index in [1.807, 2.05) is 0 Å². The highest BCUT2D eigenvalue weighted by atomic mass is 15.1. The maximum Gasteiger partial charge on any atom is 0.0172 e. The van der Waals surface area contributed by atoms with Gasteiger partial charge >= 0.3 is 0 Å². The lowest BCUT2D eigenvalue weighted by Gasteiger charge is -2.29. The molecule has 0 unspecified atom stereocenters. The predicted molar refractivity (Wildman–Crippen MR) is 88.8 cm³/mol. The van der Waals surface area contributed by atoms with Gasteiger partial charge < -0.3 is 4.90 Å². The summed E-state index contributed by atoms with van der Waals surface area (Å²) in [6.07, 6.45) is 22.3. The molecule has 0 bridgehead atoms. The standard InChI is InChI=1S/C19H35N/c1-2-3-4-6-9-18-10-12-19(13-11-18)14-17-20-15-7-5-8-16-20/h14,17-19H,2-13,15-16H2,1H3/b17-14+/t18-,19-. The van der Waals surface area contributed by atoms with Crippen molar-refractivity contribution in [3.05, 3.63) is 12.3 Å². The van der Waals surface area contributed by atoms with E-state index in [1.54, 1.807) is 0 Å². The van der Waals surface area contributed by atoms with Gasteiger partial charge in [-0.25, -0.2) is 0 Å². The largest absolute Gasteiger partial charge is 0.378 e. The average Bonchev–Trinajstić information content (AvgIpc) is 2.52. The van der Waals surface area contributed by atoms with E-state index >= 15 is 0 Å². The third-order valence-electron chi connectivity index (χ3n) is 5.32. The van der Waals surface area contributed by atoms with Gasteiger partial charge in [-0.05, 0) is 63.0 Å². The van der Waals surface area contributed by atoms with E-state index in [9.17, 15) is 0 Å². The number of likely N-dealkylation sites (tertiary alicyclic amines) is 1. The van der Waals surface area contributed by atoms with E-state index in [0.717, 1.165) is 11.8 Å². The van der Waals surface area contributed by atoms with Crippen molar-refractivity contribution < 1.29 is 0 Å². The van der Waals surface area contributed by atoms with E-state index in [4.69, 9.17) is 0 Å². The molecule has 1 nitrogen and oxygen atoms in total. The third-order valence-corrected chi connectivity index (χ3v) is 5.32. The van der Waals surface area contributed by atoms with Crippen LogP contribution in [0.5, 0.6) is 0 Å². The fraction of sp³-hybridized carbons (Fsp3) is 0.895. The van der Waals surface area contributed by atoms with E-state index in [2.05, 4.69) is 24.1 Å². The molecule has 0 radical (unpaired) electrons. The Morgan fingerprint density at radius 3 is 2.35 bits per heavy atom. The normalized spacial score (nSPS) is 28.1. The van der Waals surface area contributed by atoms with Gasteiger partial charge in [0.25, 0.3) is 0 Å². The fourth-order valence-electron chi connectivity index (χ4n) is 3.84. The minimum Gasteiger partial charge on any atom is -0.378 e. The molecule has 0 spiro atoms. The Kier molecular flexibility index (Phi) is 7.54. The number of nitrogens with zero attached hydrogens (tertiary/aromatic N) is 1. The molecule has 1 heterocycles. The van der Waals surface area contributed by atoms with Crippen LogP contribution < -0.4 is 0 Å². The summed E-state index contributed by atoms with van der Waals surface area (Å²) in [5.41, 5.74) is 0. The number of hydrogen-bond acceptors (Lipinski definition) is 1. The van der Waals surface area contributed by atoms with Gasteiger partial charge in [-0.3, -0.25) is 0 Å². The highest BCUT2D eigenvalue weighted by molar-refractivity contribution is 4.91. The van der Waals surface area contributed by atoms with Gasteiger partial charge in [0.1, 0.15) is 0 Å². The van der Waals surface area contributed by atoms with Gasteiger partial charge in [-0.2, -0.15) is 0 Å². The predicted octanol–water partition coefficient (Wildman–Crippen LogP) is 5.76. The van der Waals surface area contributed by atoms with E-state index < -0.39 is 0 Å². The van der Waals surface area contributed by atoms with Crippen LogP contribution >= 0.6 is 0 Å². The van der Waals surface area contributed by atoms with Crippen molar-refractivity contribution in [3.63, 3.8) is 0 Å². The van der Waals surface area contributed by atoms with Crippen molar-refractivity contribution in [2.24, 2.45) is 11.8 Å². The Balaban J connectivity index is 1.57. The molecule has 1 aliphatic heterocycles. The monoisotopic (exact) mass is 277 g/mol. The number of allylic oxidation sites excluding steroid dienone is 1. The van der Waals surface area contributed by atoms with Crippen LogP contribution in [0, 0.1) is 11.8 Å². The summed E-state index contributed by atoms with van der Waals surface area (Å²) in [6, 6.07) is 0. The molecule has 0 aromatic carbocycles. The second-order valence-electron chi connectivity index (χ2n) is 7.07. The Bertz CT molecular complexity index is 257. The van der Waals surface area contributed by atoms with E-state index in [-0.39, 0.29) is 0 Å². The minimum absolute atomic E-state index is 0.879. The molecule has 20 heavy (non-hydrogen) atoms. The van der Waals surface area contributed by atoms with Crippen LogP contribution in [-0.2, 0) is 0 Å². The Morgan fingerprint density at radius 2 is 1.65 bits per heavy atom. The van der Waals surface area contributed by atoms with Gasteiger partial charge in [0.15, 0.2) is 0 Å². The molecule has 116 valence electrons. The lowest BCUT2D eigenvalue weighted by Crippen LogP contribution is -2.24. The summed E-state index contributed by atoms with van der Waals surface area (Å²) in [4.78, 5) is 2.54. The van der Waals surface area contributed by atoms with Crippen molar-refractivity contribution in [1.82, 2.24) is 4.90 Å². The molecule has 2 aliphatic rings. The SMILES string of the molecule is CCCCCC[C@H]1CC[C@H](/C=C/N2CCCCC2)CC1. The lowest BCUT2D eigenvalue weighted by molar-refractivity contribution is 0.280. The van der Waals surface area contributed by atoms with E-state index in [1.165, 1.54) is 90.1 Å².